The van der Waals surface area contributed by atoms with Crippen molar-refractivity contribution >= 4 is 38.6 Å². The zero-order valence-electron chi connectivity index (χ0n) is 9.19. The van der Waals surface area contributed by atoms with Crippen molar-refractivity contribution in [3.05, 3.63) is 50.1 Å². The monoisotopic (exact) mass is 342 g/mol. The molecule has 0 aliphatic carbocycles. The molecule has 2 heterocycles. The van der Waals surface area contributed by atoms with E-state index in [0.29, 0.717) is 15.5 Å². The summed E-state index contributed by atoms with van der Waals surface area (Å²) in [6.45, 7) is 0. The van der Waals surface area contributed by atoms with Crippen LogP contribution >= 0.6 is 27.5 Å². The summed E-state index contributed by atoms with van der Waals surface area (Å²) in [5.41, 5.74) is 0.250. The molecule has 2 aromatic heterocycles. The van der Waals surface area contributed by atoms with Gasteiger partial charge in [-0.05, 0) is 28.1 Å². The summed E-state index contributed by atoms with van der Waals surface area (Å²) in [6, 6.07) is 5.65. The number of rotatable bonds is 1. The Morgan fingerprint density at radius 3 is 2.95 bits per heavy atom. The van der Waals surface area contributed by atoms with Crippen LogP contribution in [0.5, 0.6) is 0 Å². The molecule has 0 atom stereocenters. The Balaban J connectivity index is 2.39. The van der Waals surface area contributed by atoms with Crippen molar-refractivity contribution in [1.82, 2.24) is 20.0 Å². The number of H-pyrrole nitrogens is 1. The van der Waals surface area contributed by atoms with Gasteiger partial charge in [-0.2, -0.15) is 14.9 Å². The minimum absolute atomic E-state index is 0.0340. The predicted molar refractivity (Wildman–Crippen MR) is 72.2 cm³/mol. The number of hydrogen-bond donors (Lipinski definition) is 1. The van der Waals surface area contributed by atoms with Gasteiger partial charge in [-0.3, -0.25) is 9.89 Å². The Morgan fingerprint density at radius 1 is 1.42 bits per heavy atom. The van der Waals surface area contributed by atoms with Crippen molar-refractivity contribution in [2.75, 3.05) is 0 Å². The Hall–Kier alpha value is -1.73. The van der Waals surface area contributed by atoms with Gasteiger partial charge in [0.25, 0.3) is 5.56 Å². The second-order valence-electron chi connectivity index (χ2n) is 3.74. The lowest BCUT2D eigenvalue weighted by atomic mass is 10.3. The van der Waals surface area contributed by atoms with E-state index in [-0.39, 0.29) is 10.8 Å². The highest BCUT2D eigenvalue weighted by Crippen LogP contribution is 2.23. The second kappa shape index (κ2) is 4.43. The normalized spacial score (nSPS) is 11.1. The van der Waals surface area contributed by atoms with Crippen LogP contribution in [-0.4, -0.2) is 20.0 Å². The summed E-state index contributed by atoms with van der Waals surface area (Å²) < 4.78 is 15.2. The maximum atomic E-state index is 13.9. The molecule has 0 saturated heterocycles. The van der Waals surface area contributed by atoms with Crippen molar-refractivity contribution < 1.29 is 4.39 Å². The first-order valence-corrected chi connectivity index (χ1v) is 6.33. The molecule has 0 spiro atoms. The molecule has 3 rings (SSSR count). The van der Waals surface area contributed by atoms with Crippen molar-refractivity contribution in [1.29, 1.82) is 0 Å². The number of nitrogens with zero attached hydrogens (tertiary/aromatic N) is 3. The zero-order chi connectivity index (χ0) is 13.6. The summed E-state index contributed by atoms with van der Waals surface area (Å²) >= 11 is 9.03. The topological polar surface area (TPSA) is 63.6 Å². The third kappa shape index (κ3) is 1.95. The molecule has 96 valence electrons. The molecule has 3 aromatic rings. The van der Waals surface area contributed by atoms with Crippen LogP contribution in [0.3, 0.4) is 0 Å². The molecule has 0 amide bonds. The molecule has 19 heavy (non-hydrogen) atoms. The molecule has 0 radical (unpaired) electrons. The molecule has 0 saturated carbocycles. The van der Waals surface area contributed by atoms with Crippen LogP contribution in [0.2, 0.25) is 5.15 Å². The maximum absolute atomic E-state index is 13.9. The Bertz CT molecular complexity index is 824. The number of benzene rings is 1. The minimum atomic E-state index is -0.567. The Morgan fingerprint density at radius 2 is 2.21 bits per heavy atom. The van der Waals surface area contributed by atoms with Crippen LogP contribution < -0.4 is 5.56 Å². The highest BCUT2D eigenvalue weighted by molar-refractivity contribution is 9.10. The number of aromatic amines is 1. The van der Waals surface area contributed by atoms with E-state index in [4.69, 9.17) is 11.6 Å². The third-order valence-electron chi connectivity index (χ3n) is 2.55. The number of para-hydroxylation sites is 1. The van der Waals surface area contributed by atoms with Crippen LogP contribution in [0.15, 0.2) is 33.5 Å². The number of aromatic nitrogens is 4. The summed E-state index contributed by atoms with van der Waals surface area (Å²) in [5.74, 6) is -0.567. The fourth-order valence-corrected chi connectivity index (χ4v) is 2.40. The summed E-state index contributed by atoms with van der Waals surface area (Å²) in [7, 11) is 0. The number of halogens is 3. The number of hydrogen-bond acceptors (Lipinski definition) is 3. The van der Waals surface area contributed by atoms with E-state index in [2.05, 4.69) is 31.2 Å². The average molecular weight is 344 g/mol. The molecular weight excluding hydrogens is 339 g/mol. The van der Waals surface area contributed by atoms with E-state index in [1.807, 2.05) is 0 Å². The van der Waals surface area contributed by atoms with Crippen molar-refractivity contribution in [2.24, 2.45) is 0 Å². The van der Waals surface area contributed by atoms with Gasteiger partial charge in [0.1, 0.15) is 17.0 Å². The SMILES string of the molecule is O=c1cc2[nH]nc(Cl)c2nn1-c1c(F)cccc1Br. The molecule has 1 aromatic carbocycles. The van der Waals surface area contributed by atoms with E-state index in [0.717, 1.165) is 4.68 Å². The summed E-state index contributed by atoms with van der Waals surface area (Å²) in [6.07, 6.45) is 0. The van der Waals surface area contributed by atoms with Crippen molar-refractivity contribution in [3.8, 4) is 5.69 Å². The molecular formula is C11H5BrClFN4O. The molecule has 0 bridgehead atoms. The molecule has 8 heteroatoms. The van der Waals surface area contributed by atoms with E-state index < -0.39 is 11.4 Å². The number of nitrogens with one attached hydrogen (secondary N) is 1. The van der Waals surface area contributed by atoms with E-state index in [1.165, 1.54) is 18.2 Å². The maximum Gasteiger partial charge on any atom is 0.273 e. The van der Waals surface area contributed by atoms with Gasteiger partial charge in [0, 0.05) is 10.5 Å². The van der Waals surface area contributed by atoms with Crippen LogP contribution in [-0.2, 0) is 0 Å². The van der Waals surface area contributed by atoms with Crippen LogP contribution in [0.1, 0.15) is 0 Å². The first kappa shape index (κ1) is 12.3. The van der Waals surface area contributed by atoms with Gasteiger partial charge in [0.2, 0.25) is 0 Å². The van der Waals surface area contributed by atoms with Gasteiger partial charge in [-0.25, -0.2) is 4.39 Å². The highest BCUT2D eigenvalue weighted by atomic mass is 79.9. The first-order valence-electron chi connectivity index (χ1n) is 5.16. The van der Waals surface area contributed by atoms with Gasteiger partial charge in [0.05, 0.1) is 5.52 Å². The Kier molecular flexibility index (Phi) is 2.87. The fraction of sp³-hybridized carbons (Fsp3) is 0. The minimum Gasteiger partial charge on any atom is -0.274 e. The molecule has 0 aliphatic rings. The van der Waals surface area contributed by atoms with E-state index in [1.54, 1.807) is 6.07 Å². The largest absolute Gasteiger partial charge is 0.274 e. The highest BCUT2D eigenvalue weighted by Gasteiger charge is 2.14. The van der Waals surface area contributed by atoms with Crippen LogP contribution in [0.4, 0.5) is 4.39 Å². The van der Waals surface area contributed by atoms with Gasteiger partial charge >= 0.3 is 0 Å². The zero-order valence-corrected chi connectivity index (χ0v) is 11.5. The summed E-state index contributed by atoms with van der Waals surface area (Å²) in [5, 5.41) is 10.5. The van der Waals surface area contributed by atoms with Gasteiger partial charge < -0.3 is 0 Å². The molecule has 0 aliphatic heterocycles. The van der Waals surface area contributed by atoms with Crippen molar-refractivity contribution in [3.63, 3.8) is 0 Å². The fourth-order valence-electron chi connectivity index (χ4n) is 1.71. The van der Waals surface area contributed by atoms with Gasteiger partial charge in [0.15, 0.2) is 5.15 Å². The predicted octanol–water partition coefficient (Wildman–Crippen LogP) is 2.66. The average Bonchev–Trinajstić information content (AvgIpc) is 2.70. The lowest BCUT2D eigenvalue weighted by molar-refractivity contribution is 0.605. The molecule has 0 unspecified atom stereocenters. The smallest absolute Gasteiger partial charge is 0.273 e. The third-order valence-corrected chi connectivity index (χ3v) is 3.45. The molecule has 5 nitrogen and oxygen atoms in total. The van der Waals surface area contributed by atoms with Gasteiger partial charge in [-0.1, -0.05) is 17.7 Å². The second-order valence-corrected chi connectivity index (χ2v) is 4.95. The lowest BCUT2D eigenvalue weighted by Crippen LogP contribution is -2.21. The Labute approximate surface area is 119 Å². The van der Waals surface area contributed by atoms with Crippen LogP contribution in [0.25, 0.3) is 16.7 Å². The van der Waals surface area contributed by atoms with Gasteiger partial charge in [-0.15, -0.1) is 0 Å². The molecule has 0 fully saturated rings. The van der Waals surface area contributed by atoms with Crippen LogP contribution in [0, 0.1) is 5.82 Å². The van der Waals surface area contributed by atoms with E-state index in [9.17, 15) is 9.18 Å². The standard InChI is InChI=1S/C11H5BrClFN4O/c12-5-2-1-3-6(14)10(5)18-8(19)4-7-9(17-18)11(13)16-15-7/h1-4,15H. The first-order chi connectivity index (χ1) is 9.08. The number of fused-ring (bicyclic) bond motifs is 1. The summed E-state index contributed by atoms with van der Waals surface area (Å²) in [4.78, 5) is 12.0. The van der Waals surface area contributed by atoms with Crippen molar-refractivity contribution in [2.45, 2.75) is 0 Å². The molecule has 1 N–H and O–H groups in total. The lowest BCUT2D eigenvalue weighted by Gasteiger charge is -2.07. The van der Waals surface area contributed by atoms with E-state index >= 15 is 0 Å². The quantitative estimate of drug-likeness (QED) is 0.739.